The third kappa shape index (κ3) is 6.63. The van der Waals surface area contributed by atoms with Gasteiger partial charge in [-0.25, -0.2) is 0 Å². The van der Waals surface area contributed by atoms with Crippen LogP contribution < -0.4 is 24.8 Å². The van der Waals surface area contributed by atoms with E-state index in [0.717, 1.165) is 0 Å². The summed E-state index contributed by atoms with van der Waals surface area (Å²) in [5.41, 5.74) is 0.855. The standard InChI is InChI=1S/C20H22F2N2O5/c1-3-28-15-7-5-4-6-14(15)19(26)24-12-18(25)23-11-13-8-9-16(27-2)17(10-13)29-20(21)22/h4-10,20H,3,11-12H2,1-2H3,(H,23,25)(H,24,26). The zero-order valence-corrected chi connectivity index (χ0v) is 16.0. The number of amides is 2. The van der Waals surface area contributed by atoms with E-state index in [1.54, 1.807) is 37.3 Å². The van der Waals surface area contributed by atoms with Crippen LogP contribution in [-0.4, -0.2) is 38.7 Å². The fraction of sp³-hybridized carbons (Fsp3) is 0.300. The summed E-state index contributed by atoms with van der Waals surface area (Å²) in [4.78, 5) is 24.3. The highest BCUT2D eigenvalue weighted by Crippen LogP contribution is 2.29. The topological polar surface area (TPSA) is 85.9 Å². The van der Waals surface area contributed by atoms with E-state index >= 15 is 0 Å². The summed E-state index contributed by atoms with van der Waals surface area (Å²) in [7, 11) is 1.33. The summed E-state index contributed by atoms with van der Waals surface area (Å²) in [5.74, 6) is -0.436. The third-order valence-corrected chi connectivity index (χ3v) is 3.77. The van der Waals surface area contributed by atoms with Gasteiger partial charge in [-0.2, -0.15) is 8.78 Å². The Labute approximate surface area is 167 Å². The number of hydrogen-bond donors (Lipinski definition) is 2. The number of halogens is 2. The number of ether oxygens (including phenoxy) is 3. The Hall–Kier alpha value is -3.36. The second-order valence-corrected chi connectivity index (χ2v) is 5.75. The van der Waals surface area contributed by atoms with Crippen molar-refractivity contribution < 1.29 is 32.6 Å². The molecule has 0 aromatic heterocycles. The van der Waals surface area contributed by atoms with Crippen molar-refractivity contribution in [1.82, 2.24) is 10.6 Å². The molecule has 156 valence electrons. The smallest absolute Gasteiger partial charge is 0.387 e. The van der Waals surface area contributed by atoms with Crippen molar-refractivity contribution in [2.75, 3.05) is 20.3 Å². The van der Waals surface area contributed by atoms with Gasteiger partial charge in [0.25, 0.3) is 5.91 Å². The number of carbonyl (C=O) groups excluding carboxylic acids is 2. The van der Waals surface area contributed by atoms with E-state index in [2.05, 4.69) is 15.4 Å². The highest BCUT2D eigenvalue weighted by molar-refractivity contribution is 5.98. The van der Waals surface area contributed by atoms with Crippen LogP contribution >= 0.6 is 0 Å². The first-order chi connectivity index (χ1) is 13.9. The Bertz CT molecular complexity index is 845. The van der Waals surface area contributed by atoms with Crippen LogP contribution in [0.5, 0.6) is 17.2 Å². The zero-order chi connectivity index (χ0) is 21.2. The predicted octanol–water partition coefficient (Wildman–Crippen LogP) is 2.74. The number of benzene rings is 2. The number of nitrogens with one attached hydrogen (secondary N) is 2. The van der Waals surface area contributed by atoms with E-state index in [-0.39, 0.29) is 24.6 Å². The highest BCUT2D eigenvalue weighted by Gasteiger charge is 2.14. The molecule has 0 aliphatic rings. The summed E-state index contributed by atoms with van der Waals surface area (Å²) in [6.45, 7) is -0.976. The summed E-state index contributed by atoms with van der Waals surface area (Å²) in [6.07, 6.45) is 0. The van der Waals surface area contributed by atoms with Crippen molar-refractivity contribution in [2.24, 2.45) is 0 Å². The minimum absolute atomic E-state index is 0.0633. The number of alkyl halides is 2. The molecule has 0 unspecified atom stereocenters. The molecule has 0 radical (unpaired) electrons. The Balaban J connectivity index is 1.89. The van der Waals surface area contributed by atoms with Gasteiger partial charge in [-0.1, -0.05) is 18.2 Å². The van der Waals surface area contributed by atoms with Crippen LogP contribution in [0.4, 0.5) is 8.78 Å². The van der Waals surface area contributed by atoms with Gasteiger partial charge >= 0.3 is 6.61 Å². The first kappa shape index (κ1) is 21.9. The molecule has 0 atom stereocenters. The van der Waals surface area contributed by atoms with Crippen LogP contribution in [0.15, 0.2) is 42.5 Å². The number of para-hydroxylation sites is 1. The lowest BCUT2D eigenvalue weighted by Gasteiger charge is -2.12. The normalized spacial score (nSPS) is 10.4. The molecule has 0 saturated carbocycles. The quantitative estimate of drug-likeness (QED) is 0.632. The molecule has 2 N–H and O–H groups in total. The minimum Gasteiger partial charge on any atom is -0.493 e. The zero-order valence-electron chi connectivity index (χ0n) is 16.0. The molecule has 0 aliphatic carbocycles. The van der Waals surface area contributed by atoms with Gasteiger partial charge in [0, 0.05) is 6.54 Å². The largest absolute Gasteiger partial charge is 0.493 e. The van der Waals surface area contributed by atoms with Gasteiger partial charge in [0.05, 0.1) is 25.8 Å². The lowest BCUT2D eigenvalue weighted by molar-refractivity contribution is -0.120. The van der Waals surface area contributed by atoms with Crippen molar-refractivity contribution in [1.29, 1.82) is 0 Å². The fourth-order valence-corrected chi connectivity index (χ4v) is 2.47. The first-order valence-corrected chi connectivity index (χ1v) is 8.83. The maximum atomic E-state index is 12.5. The van der Waals surface area contributed by atoms with Crippen LogP contribution in [0.25, 0.3) is 0 Å². The molecule has 0 heterocycles. The summed E-state index contributed by atoms with van der Waals surface area (Å²) in [5, 5.41) is 5.11. The molecule has 2 aromatic rings. The molecule has 0 spiro atoms. The molecule has 9 heteroatoms. The van der Waals surface area contributed by atoms with Crippen molar-refractivity contribution >= 4 is 11.8 Å². The molecule has 0 saturated heterocycles. The van der Waals surface area contributed by atoms with E-state index < -0.39 is 18.4 Å². The third-order valence-electron chi connectivity index (χ3n) is 3.77. The number of hydrogen-bond acceptors (Lipinski definition) is 5. The molecule has 0 aliphatic heterocycles. The Morgan fingerprint density at radius 1 is 1.03 bits per heavy atom. The lowest BCUT2D eigenvalue weighted by Crippen LogP contribution is -2.36. The number of carbonyl (C=O) groups is 2. The summed E-state index contributed by atoms with van der Waals surface area (Å²) in [6, 6.07) is 11.1. The van der Waals surface area contributed by atoms with Crippen molar-refractivity contribution in [3.63, 3.8) is 0 Å². The molecule has 0 fully saturated rings. The molecule has 2 rings (SSSR count). The van der Waals surface area contributed by atoms with Gasteiger partial charge < -0.3 is 24.8 Å². The maximum Gasteiger partial charge on any atom is 0.387 e. The highest BCUT2D eigenvalue weighted by atomic mass is 19.3. The Morgan fingerprint density at radius 3 is 2.48 bits per heavy atom. The van der Waals surface area contributed by atoms with Gasteiger partial charge in [0.15, 0.2) is 11.5 Å². The Morgan fingerprint density at radius 2 is 1.79 bits per heavy atom. The molecule has 7 nitrogen and oxygen atoms in total. The van der Waals surface area contributed by atoms with Gasteiger partial charge in [0.1, 0.15) is 5.75 Å². The molecule has 2 aromatic carbocycles. The monoisotopic (exact) mass is 408 g/mol. The SMILES string of the molecule is CCOc1ccccc1C(=O)NCC(=O)NCc1ccc(OC)c(OC(F)F)c1. The van der Waals surface area contributed by atoms with E-state index in [0.29, 0.717) is 23.5 Å². The fourth-order valence-electron chi connectivity index (χ4n) is 2.47. The van der Waals surface area contributed by atoms with Crippen molar-refractivity contribution in [2.45, 2.75) is 20.1 Å². The van der Waals surface area contributed by atoms with Crippen LogP contribution in [-0.2, 0) is 11.3 Å². The minimum atomic E-state index is -3.00. The first-order valence-electron chi connectivity index (χ1n) is 8.83. The van der Waals surface area contributed by atoms with E-state index in [4.69, 9.17) is 9.47 Å². The van der Waals surface area contributed by atoms with Gasteiger partial charge in [-0.15, -0.1) is 0 Å². The summed E-state index contributed by atoms with van der Waals surface area (Å²) < 4.78 is 39.7. The summed E-state index contributed by atoms with van der Waals surface area (Å²) >= 11 is 0. The molecule has 2 amide bonds. The predicted molar refractivity (Wildman–Crippen MR) is 101 cm³/mol. The average Bonchev–Trinajstić information content (AvgIpc) is 2.71. The van der Waals surface area contributed by atoms with Crippen LogP contribution in [0.3, 0.4) is 0 Å². The van der Waals surface area contributed by atoms with Gasteiger partial charge in [-0.05, 0) is 36.8 Å². The maximum absolute atomic E-state index is 12.5. The molecular weight excluding hydrogens is 386 g/mol. The molecular formula is C20H22F2N2O5. The van der Waals surface area contributed by atoms with E-state index in [1.807, 2.05) is 0 Å². The second kappa shape index (κ2) is 10.8. The molecule has 0 bridgehead atoms. The van der Waals surface area contributed by atoms with Gasteiger partial charge in [-0.3, -0.25) is 9.59 Å². The number of rotatable bonds is 10. The van der Waals surface area contributed by atoms with E-state index in [1.165, 1.54) is 19.2 Å². The van der Waals surface area contributed by atoms with Crippen LogP contribution in [0, 0.1) is 0 Å². The lowest BCUT2D eigenvalue weighted by atomic mass is 10.2. The average molecular weight is 408 g/mol. The van der Waals surface area contributed by atoms with Crippen LogP contribution in [0.2, 0.25) is 0 Å². The van der Waals surface area contributed by atoms with Crippen molar-refractivity contribution in [3.05, 3.63) is 53.6 Å². The van der Waals surface area contributed by atoms with Crippen LogP contribution in [0.1, 0.15) is 22.8 Å². The second-order valence-electron chi connectivity index (χ2n) is 5.75. The number of methoxy groups -OCH3 is 1. The van der Waals surface area contributed by atoms with Gasteiger partial charge in [0.2, 0.25) is 5.91 Å². The van der Waals surface area contributed by atoms with Crippen molar-refractivity contribution in [3.8, 4) is 17.2 Å². The van der Waals surface area contributed by atoms with E-state index in [9.17, 15) is 18.4 Å². The Kier molecular flexibility index (Phi) is 8.20. The molecule has 29 heavy (non-hydrogen) atoms.